The second kappa shape index (κ2) is 18.8. The van der Waals surface area contributed by atoms with Crippen molar-refractivity contribution in [3.8, 4) is 0 Å². The van der Waals surface area contributed by atoms with Gasteiger partial charge in [0, 0.05) is 62.4 Å². The Morgan fingerprint density at radius 2 is 0.919 bits per heavy atom. The molecule has 2 N–H and O–H groups in total. The van der Waals surface area contributed by atoms with E-state index < -0.39 is 59.9 Å². The van der Waals surface area contributed by atoms with Crippen LogP contribution < -0.4 is 10.6 Å². The van der Waals surface area contributed by atoms with Crippen molar-refractivity contribution in [1.29, 1.82) is 0 Å². The average Bonchev–Trinajstić information content (AvgIpc) is 3.62. The zero-order chi connectivity index (χ0) is 43.9. The summed E-state index contributed by atoms with van der Waals surface area (Å²) in [6.45, 7) is 13.4. The first-order chi connectivity index (χ1) is 29.7. The summed E-state index contributed by atoms with van der Waals surface area (Å²) in [5, 5.41) is 5.83. The minimum atomic E-state index is -0.904. The van der Waals surface area contributed by atoms with Gasteiger partial charge >= 0.3 is 11.9 Å². The van der Waals surface area contributed by atoms with Gasteiger partial charge in [-0.05, 0) is 88.9 Å². The van der Waals surface area contributed by atoms with E-state index >= 15 is 0 Å². The zero-order valence-electron chi connectivity index (χ0n) is 37.8. The van der Waals surface area contributed by atoms with Gasteiger partial charge in [-0.25, -0.2) is 19.6 Å². The van der Waals surface area contributed by atoms with Gasteiger partial charge in [0.1, 0.15) is 0 Å². The van der Waals surface area contributed by atoms with Crippen LogP contribution in [0.3, 0.4) is 0 Å². The highest BCUT2D eigenvalue weighted by atomic mass is 17.3. The van der Waals surface area contributed by atoms with Crippen LogP contribution in [0.15, 0.2) is 0 Å². The molecule has 10 fully saturated rings. The van der Waals surface area contributed by atoms with Crippen molar-refractivity contribution in [2.45, 2.75) is 205 Å². The van der Waals surface area contributed by atoms with Gasteiger partial charge in [0.25, 0.3) is 0 Å². The summed E-state index contributed by atoms with van der Waals surface area (Å²) in [5.41, 5.74) is -1.44. The fourth-order valence-corrected chi connectivity index (χ4v) is 12.4. The molecule has 0 aromatic rings. The Hall–Kier alpha value is -2.44. The maximum Gasteiger partial charge on any atom is 0.308 e. The molecule has 8 aliphatic heterocycles. The standard InChI is InChI=1S/C46H72N2O14/c1-27-13-15-33-29(3)39(55-41-45(33)31(27)21-23-43(5,57-41)59-61-45)53-37(51)19-17-35(49)47-25-11-9-7-8-10-12-26-48-36(50)18-20-38(52)54-40-30(4)34-16-14-28(2)32-22-24-44(6)58-42(56-40)46(32,34)62-60-44/h27-34,39-42H,7-26H2,1-6H3,(H,47,49)(H,48,50)/t27-,28-,29-,30-,31+,32+,33?,34?,39-,40-,41-,42-,43+,44+,45-,46-/m1/s1. The van der Waals surface area contributed by atoms with E-state index in [0.29, 0.717) is 37.8 Å². The predicted molar refractivity (Wildman–Crippen MR) is 218 cm³/mol. The van der Waals surface area contributed by atoms with Crippen molar-refractivity contribution >= 4 is 23.8 Å². The molecule has 2 amide bonds. The van der Waals surface area contributed by atoms with Crippen LogP contribution in [0.25, 0.3) is 0 Å². The minimum Gasteiger partial charge on any atom is -0.435 e. The monoisotopic (exact) mass is 876 g/mol. The number of ether oxygens (including phenoxy) is 6. The van der Waals surface area contributed by atoms with E-state index in [1.807, 2.05) is 27.7 Å². The highest BCUT2D eigenvalue weighted by molar-refractivity contribution is 5.81. The third-order valence-corrected chi connectivity index (χ3v) is 16.0. The molecule has 350 valence electrons. The smallest absolute Gasteiger partial charge is 0.308 e. The van der Waals surface area contributed by atoms with Gasteiger partial charge in [-0.3, -0.25) is 19.2 Å². The molecule has 8 heterocycles. The molecule has 2 aliphatic carbocycles. The second-order valence-corrected chi connectivity index (χ2v) is 20.3. The first-order valence-electron chi connectivity index (χ1n) is 24.0. The molecule has 0 aromatic carbocycles. The fraction of sp³-hybridized carbons (Fsp3) is 0.913. The van der Waals surface area contributed by atoms with Crippen molar-refractivity contribution in [3.63, 3.8) is 0 Å². The molecule has 16 atom stereocenters. The molecule has 62 heavy (non-hydrogen) atoms. The zero-order valence-corrected chi connectivity index (χ0v) is 37.8. The third-order valence-electron chi connectivity index (χ3n) is 16.0. The van der Waals surface area contributed by atoms with Crippen LogP contribution >= 0.6 is 0 Å². The topological polar surface area (TPSA) is 185 Å². The van der Waals surface area contributed by atoms with Crippen LogP contribution in [0.5, 0.6) is 0 Å². The Morgan fingerprint density at radius 3 is 1.34 bits per heavy atom. The Morgan fingerprint density at radius 1 is 0.516 bits per heavy atom. The highest BCUT2D eigenvalue weighted by Crippen LogP contribution is 2.62. The molecule has 8 saturated heterocycles. The summed E-state index contributed by atoms with van der Waals surface area (Å²) >= 11 is 0. The molecular weight excluding hydrogens is 805 g/mol. The van der Waals surface area contributed by atoms with E-state index in [-0.39, 0.29) is 73.0 Å². The molecule has 16 heteroatoms. The van der Waals surface area contributed by atoms with E-state index in [9.17, 15) is 19.2 Å². The summed E-state index contributed by atoms with van der Waals surface area (Å²) in [6.07, 6.45) is 9.89. The van der Waals surface area contributed by atoms with Gasteiger partial charge in [-0.2, -0.15) is 0 Å². The van der Waals surface area contributed by atoms with Crippen LogP contribution in [0.2, 0.25) is 0 Å². The number of amides is 2. The van der Waals surface area contributed by atoms with Crippen molar-refractivity contribution in [2.75, 3.05) is 13.1 Å². The quantitative estimate of drug-likeness (QED) is 0.0903. The molecule has 10 aliphatic rings. The number of fused-ring (bicyclic) bond motifs is 4. The highest BCUT2D eigenvalue weighted by Gasteiger charge is 2.71. The summed E-state index contributed by atoms with van der Waals surface area (Å²) in [7, 11) is 0. The lowest BCUT2D eigenvalue weighted by Gasteiger charge is -2.59. The van der Waals surface area contributed by atoms with Gasteiger partial charge in [-0.1, -0.05) is 53.4 Å². The minimum absolute atomic E-state index is 0.0325. The van der Waals surface area contributed by atoms with Gasteiger partial charge in [0.2, 0.25) is 36.0 Å². The molecule has 0 aromatic heterocycles. The lowest BCUT2D eigenvalue weighted by Crippen LogP contribution is -2.70. The van der Waals surface area contributed by atoms with E-state index in [1.165, 1.54) is 0 Å². The van der Waals surface area contributed by atoms with Crippen LogP contribution in [0.1, 0.15) is 157 Å². The maximum absolute atomic E-state index is 12.9. The normalized spacial score (nSPS) is 43.9. The average molecular weight is 877 g/mol. The van der Waals surface area contributed by atoms with Crippen LogP contribution in [0.4, 0.5) is 0 Å². The van der Waals surface area contributed by atoms with Crippen LogP contribution in [-0.4, -0.2) is 84.8 Å². The Bertz CT molecular complexity index is 1520. The maximum atomic E-state index is 12.9. The number of hydrogen-bond acceptors (Lipinski definition) is 14. The van der Waals surface area contributed by atoms with Gasteiger partial charge in [0.05, 0.1) is 12.8 Å². The summed E-state index contributed by atoms with van der Waals surface area (Å²) in [4.78, 5) is 74.9. The van der Waals surface area contributed by atoms with E-state index in [2.05, 4.69) is 24.5 Å². The van der Waals surface area contributed by atoms with Gasteiger partial charge in [-0.15, -0.1) is 0 Å². The van der Waals surface area contributed by atoms with Crippen molar-refractivity contribution in [2.24, 2.45) is 47.3 Å². The number of esters is 2. The molecular formula is C46H72N2O14. The molecule has 4 bridgehead atoms. The Balaban J connectivity index is 0.646. The Labute approximate surface area is 366 Å². The molecule has 2 saturated carbocycles. The lowest BCUT2D eigenvalue weighted by atomic mass is 9.58. The van der Waals surface area contributed by atoms with Gasteiger partial charge in [0.15, 0.2) is 23.8 Å². The van der Waals surface area contributed by atoms with Crippen molar-refractivity contribution in [1.82, 2.24) is 10.6 Å². The predicted octanol–water partition coefficient (Wildman–Crippen LogP) is 6.62. The van der Waals surface area contributed by atoms with E-state index in [4.69, 9.17) is 48.0 Å². The fourth-order valence-electron chi connectivity index (χ4n) is 12.4. The van der Waals surface area contributed by atoms with E-state index in [0.717, 1.165) is 77.0 Å². The molecule has 2 unspecified atom stereocenters. The van der Waals surface area contributed by atoms with Gasteiger partial charge < -0.3 is 39.1 Å². The van der Waals surface area contributed by atoms with Crippen molar-refractivity contribution in [3.05, 3.63) is 0 Å². The first-order valence-corrected chi connectivity index (χ1v) is 24.0. The summed E-state index contributed by atoms with van der Waals surface area (Å²) < 4.78 is 37.0. The molecule has 2 spiro atoms. The Kier molecular flexibility index (Phi) is 14.0. The number of nitrogens with one attached hydrogen (secondary N) is 2. The lowest BCUT2D eigenvalue weighted by molar-refractivity contribution is -0.576. The second-order valence-electron chi connectivity index (χ2n) is 20.3. The number of carbonyl (C=O) groups excluding carboxylic acids is 4. The molecule has 16 nitrogen and oxygen atoms in total. The third kappa shape index (κ3) is 9.06. The van der Waals surface area contributed by atoms with Crippen LogP contribution in [-0.2, 0) is 67.1 Å². The van der Waals surface area contributed by atoms with Crippen molar-refractivity contribution < 1.29 is 67.1 Å². The number of rotatable bonds is 17. The van der Waals surface area contributed by atoms with Crippen LogP contribution in [0, 0.1) is 47.3 Å². The molecule has 0 radical (unpaired) electrons. The number of hydrogen-bond donors (Lipinski definition) is 2. The summed E-state index contributed by atoms with van der Waals surface area (Å²) in [5.74, 6) is -1.92. The largest absolute Gasteiger partial charge is 0.435 e. The van der Waals surface area contributed by atoms with E-state index in [1.54, 1.807) is 0 Å². The molecule has 10 rings (SSSR count). The SMILES string of the molecule is C[C@@H]1CCC2[C@@H](C)[C@H](OC(=O)CCC(=O)NCCCCCCCCNC(=O)CCC(=O)O[C@@H]3O[C@@H]4O[C@]5(C)CC[C@H]6[C@H](C)CCC([C@H]3C)[C@@]46OO5)O[C@@H]3O[C@]4(C)CC[C@@H]1[C@@]23OO4. The summed E-state index contributed by atoms with van der Waals surface area (Å²) in [6, 6.07) is 0. The first kappa shape index (κ1) is 46.1. The number of carbonyl (C=O) groups is 4. The number of unbranched alkanes of at least 4 members (excludes halogenated alkanes) is 5.